The number of nitrogens with zero attached hydrogens (tertiary/aromatic N) is 1. The summed E-state index contributed by atoms with van der Waals surface area (Å²) in [6.07, 6.45) is 10.3. The number of aromatic nitrogens is 2. The van der Waals surface area contributed by atoms with Crippen LogP contribution in [0.1, 0.15) is 22.5 Å². The average molecular weight is 414 g/mol. The number of allylic oxidation sites excluding steroid dienone is 2. The van der Waals surface area contributed by atoms with Crippen LogP contribution in [-0.2, 0) is 0 Å². The Labute approximate surface area is 180 Å². The van der Waals surface area contributed by atoms with E-state index in [4.69, 9.17) is 5.41 Å². The molecule has 3 aromatic rings. The van der Waals surface area contributed by atoms with Crippen molar-refractivity contribution in [3.05, 3.63) is 103 Å². The maximum Gasteiger partial charge on any atom is 0.267 e. The molecule has 0 fully saturated rings. The van der Waals surface area contributed by atoms with E-state index in [-0.39, 0.29) is 11.8 Å². The summed E-state index contributed by atoms with van der Waals surface area (Å²) in [4.78, 5) is 20.3. The molecule has 0 saturated carbocycles. The number of amides is 1. The maximum atomic E-state index is 13.0. The number of pyridine rings is 1. The first-order valence-electron chi connectivity index (χ1n) is 10.2. The molecular formula is C25H25N4O2+. The van der Waals surface area contributed by atoms with Gasteiger partial charge in [0.1, 0.15) is 5.69 Å². The second-order valence-electron chi connectivity index (χ2n) is 7.54. The van der Waals surface area contributed by atoms with Crippen LogP contribution in [-0.4, -0.2) is 38.8 Å². The molecule has 1 aromatic carbocycles. The zero-order valence-electron chi connectivity index (χ0n) is 17.0. The fourth-order valence-electron chi connectivity index (χ4n) is 3.74. The van der Waals surface area contributed by atoms with Gasteiger partial charge in [-0.05, 0) is 29.8 Å². The molecule has 6 nitrogen and oxygen atoms in total. The van der Waals surface area contributed by atoms with E-state index in [1.165, 1.54) is 0 Å². The van der Waals surface area contributed by atoms with Gasteiger partial charge in [-0.3, -0.25) is 15.2 Å². The lowest BCUT2D eigenvalue weighted by molar-refractivity contribution is -0.115. The molecule has 1 amide bonds. The van der Waals surface area contributed by atoms with E-state index in [9.17, 15) is 9.90 Å². The highest BCUT2D eigenvalue weighted by atomic mass is 16.3. The Kier molecular flexibility index (Phi) is 6.19. The largest absolute Gasteiger partial charge is 0.388 e. The van der Waals surface area contributed by atoms with Gasteiger partial charge in [-0.1, -0.05) is 54.6 Å². The smallest absolute Gasteiger partial charge is 0.267 e. The number of hydrogen-bond donors (Lipinski definition) is 4. The fourth-order valence-corrected chi connectivity index (χ4v) is 3.74. The van der Waals surface area contributed by atoms with Gasteiger partial charge in [0.05, 0.1) is 18.1 Å². The maximum absolute atomic E-state index is 13.0. The number of H-pyrrole nitrogens is 1. The van der Waals surface area contributed by atoms with E-state index in [2.05, 4.69) is 15.3 Å². The number of benzene rings is 1. The van der Waals surface area contributed by atoms with Gasteiger partial charge in [0.15, 0.2) is 5.71 Å². The van der Waals surface area contributed by atoms with Crippen molar-refractivity contribution in [3.63, 3.8) is 0 Å². The van der Waals surface area contributed by atoms with Crippen molar-refractivity contribution in [1.29, 1.82) is 0 Å². The molecule has 5 N–H and O–H groups in total. The van der Waals surface area contributed by atoms with Gasteiger partial charge in [-0.25, -0.2) is 0 Å². The summed E-state index contributed by atoms with van der Waals surface area (Å²) in [5, 5.41) is 19.9. The Bertz CT molecular complexity index is 1100. The van der Waals surface area contributed by atoms with E-state index in [0.29, 0.717) is 17.8 Å². The van der Waals surface area contributed by atoms with Crippen LogP contribution in [0, 0.1) is 5.92 Å². The molecule has 2 heterocycles. The third-order valence-electron chi connectivity index (χ3n) is 5.42. The van der Waals surface area contributed by atoms with Crippen LogP contribution in [0.5, 0.6) is 0 Å². The summed E-state index contributed by atoms with van der Waals surface area (Å²) in [6.45, 7) is 0. The molecule has 0 aliphatic heterocycles. The third kappa shape index (κ3) is 4.87. The number of nitrogens with one attached hydrogen (secondary N) is 2. The van der Waals surface area contributed by atoms with E-state index >= 15 is 0 Å². The monoisotopic (exact) mass is 413 g/mol. The zero-order chi connectivity index (χ0) is 21.6. The van der Waals surface area contributed by atoms with Crippen molar-refractivity contribution in [3.8, 4) is 11.3 Å². The predicted molar refractivity (Wildman–Crippen MR) is 120 cm³/mol. The van der Waals surface area contributed by atoms with Crippen molar-refractivity contribution in [2.24, 2.45) is 5.92 Å². The van der Waals surface area contributed by atoms with E-state index in [1.807, 2.05) is 60.7 Å². The fraction of sp³-hybridized carbons (Fsp3) is 0.160. The van der Waals surface area contributed by atoms with E-state index in [0.717, 1.165) is 16.8 Å². The Morgan fingerprint density at radius 1 is 1.10 bits per heavy atom. The van der Waals surface area contributed by atoms with Crippen LogP contribution >= 0.6 is 0 Å². The summed E-state index contributed by atoms with van der Waals surface area (Å²) in [5.74, 6) is -0.547. The van der Waals surface area contributed by atoms with Gasteiger partial charge >= 0.3 is 0 Å². The third-order valence-corrected chi connectivity index (χ3v) is 5.42. The lowest BCUT2D eigenvalue weighted by atomic mass is 9.86. The number of carbonyl (C=O) groups excluding carboxylic acids is 1. The van der Waals surface area contributed by atoms with Gasteiger partial charge in [0, 0.05) is 30.0 Å². The number of hydrogen-bond acceptors (Lipinski definition) is 3. The second kappa shape index (κ2) is 9.36. The molecule has 4 rings (SSSR count). The molecule has 31 heavy (non-hydrogen) atoms. The van der Waals surface area contributed by atoms with Crippen LogP contribution in [0.3, 0.4) is 0 Å². The van der Waals surface area contributed by atoms with Crippen LogP contribution in [0.4, 0.5) is 0 Å². The summed E-state index contributed by atoms with van der Waals surface area (Å²) in [7, 11) is 0. The van der Waals surface area contributed by atoms with E-state index < -0.39 is 12.1 Å². The molecule has 3 atom stereocenters. The Hall–Kier alpha value is -3.77. The minimum atomic E-state index is -0.708. The highest BCUT2D eigenvalue weighted by Gasteiger charge is 2.30. The Balaban J connectivity index is 1.53. The van der Waals surface area contributed by atoms with Crippen LogP contribution in [0.2, 0.25) is 0 Å². The molecular weight excluding hydrogens is 388 g/mol. The van der Waals surface area contributed by atoms with Crippen molar-refractivity contribution >= 4 is 11.6 Å². The standard InChI is InChI=1S/C25H24N4O2/c26-20(18-9-6-14-27-16-18)15-23(19-10-4-5-11-24(19)30)29-25(31)22-13-12-21(28-22)17-7-2-1-3-8-17/h1-14,16,19,23-24,26,28,30H,15H2,(H,29,31)/p+1. The Morgan fingerprint density at radius 2 is 1.90 bits per heavy atom. The number of aliphatic hydroxyl groups is 1. The molecule has 156 valence electrons. The average Bonchev–Trinajstić information content (AvgIpc) is 3.31. The first-order valence-corrected chi connectivity index (χ1v) is 10.2. The summed E-state index contributed by atoms with van der Waals surface area (Å²) in [6, 6.07) is 16.8. The normalized spacial score (nSPS) is 18.5. The number of rotatable bonds is 7. The topological polar surface area (TPSA) is 104 Å². The zero-order valence-corrected chi connectivity index (χ0v) is 17.0. The Morgan fingerprint density at radius 3 is 2.65 bits per heavy atom. The van der Waals surface area contributed by atoms with Crippen molar-refractivity contribution in [2.45, 2.75) is 18.6 Å². The second-order valence-corrected chi connectivity index (χ2v) is 7.54. The minimum absolute atomic E-state index is 0.249. The molecule has 2 aromatic heterocycles. The first kappa shape index (κ1) is 20.5. The highest BCUT2D eigenvalue weighted by molar-refractivity contribution is 5.97. The van der Waals surface area contributed by atoms with Gasteiger partial charge in [0.25, 0.3) is 5.91 Å². The van der Waals surface area contributed by atoms with Crippen molar-refractivity contribution in [1.82, 2.24) is 15.3 Å². The van der Waals surface area contributed by atoms with Crippen molar-refractivity contribution < 1.29 is 15.3 Å². The molecule has 6 heteroatoms. The molecule has 0 bridgehead atoms. The van der Waals surface area contributed by atoms with Crippen molar-refractivity contribution in [2.75, 3.05) is 0 Å². The number of nitrogens with two attached hydrogens (primary N) is 1. The minimum Gasteiger partial charge on any atom is -0.388 e. The van der Waals surface area contributed by atoms with Crippen LogP contribution in [0.25, 0.3) is 11.3 Å². The summed E-state index contributed by atoms with van der Waals surface area (Å²) >= 11 is 0. The quantitative estimate of drug-likeness (QED) is 0.445. The highest BCUT2D eigenvalue weighted by Crippen LogP contribution is 2.22. The summed E-state index contributed by atoms with van der Waals surface area (Å²) < 4.78 is 0. The van der Waals surface area contributed by atoms with E-state index in [1.54, 1.807) is 30.6 Å². The number of carbonyl (C=O) groups is 1. The first-order chi connectivity index (χ1) is 15.1. The SMILES string of the molecule is [NH2+]=C(CC(NC(=O)c1ccc(-c2ccccc2)[nH]1)C1C=CC=CC1O)c1cccnc1. The predicted octanol–water partition coefficient (Wildman–Crippen LogP) is 1.92. The lowest BCUT2D eigenvalue weighted by Gasteiger charge is -2.29. The van der Waals surface area contributed by atoms with Gasteiger partial charge < -0.3 is 15.4 Å². The molecule has 0 radical (unpaired) electrons. The van der Waals surface area contributed by atoms with Crippen LogP contribution in [0.15, 0.2) is 91.3 Å². The molecule has 0 spiro atoms. The van der Waals surface area contributed by atoms with Gasteiger partial charge in [0.2, 0.25) is 0 Å². The molecule has 1 aliphatic carbocycles. The lowest BCUT2D eigenvalue weighted by Crippen LogP contribution is -2.50. The number of aliphatic hydroxyl groups excluding tert-OH is 1. The van der Waals surface area contributed by atoms with Gasteiger partial charge in [-0.15, -0.1) is 0 Å². The number of aromatic amines is 1. The van der Waals surface area contributed by atoms with Gasteiger partial charge in [-0.2, -0.15) is 0 Å². The molecule has 0 saturated heterocycles. The van der Waals surface area contributed by atoms with Crippen LogP contribution < -0.4 is 10.7 Å². The molecule has 1 aliphatic rings. The molecule has 3 unspecified atom stereocenters. The summed E-state index contributed by atoms with van der Waals surface area (Å²) in [5.41, 5.74) is 3.73.